The molecule has 2 atom stereocenters. The smallest absolute Gasteiger partial charge is 0.309 e. The fraction of sp³-hybridized carbons (Fsp3) is 0.727. The molecule has 0 saturated carbocycles. The van der Waals surface area contributed by atoms with Gasteiger partial charge in [0.25, 0.3) is 0 Å². The molecule has 0 aliphatic carbocycles. The second kappa shape index (κ2) is 14.6. The van der Waals surface area contributed by atoms with Gasteiger partial charge >= 0.3 is 5.97 Å². The summed E-state index contributed by atoms with van der Waals surface area (Å²) >= 11 is 0. The zero-order valence-electron chi connectivity index (χ0n) is 17.2. The monoisotopic (exact) mass is 382 g/mol. The maximum Gasteiger partial charge on any atom is 0.309 e. The molecule has 0 aliphatic rings. The van der Waals surface area contributed by atoms with E-state index in [0.29, 0.717) is 6.42 Å². The molecule has 3 N–H and O–H groups in total. The molecule has 0 aromatic rings. The number of allylic oxidation sites excluding steroid dienone is 3. The lowest BCUT2D eigenvalue weighted by molar-refractivity contribution is -0.147. The molecule has 156 valence electrons. The summed E-state index contributed by atoms with van der Waals surface area (Å²) in [6, 6.07) is 0. The third-order valence-corrected chi connectivity index (χ3v) is 4.75. The highest BCUT2D eigenvalue weighted by molar-refractivity contribution is 5.93. The highest BCUT2D eigenvalue weighted by Crippen LogP contribution is 2.24. The van der Waals surface area contributed by atoms with E-state index >= 15 is 0 Å². The summed E-state index contributed by atoms with van der Waals surface area (Å²) in [4.78, 5) is 22.9. The van der Waals surface area contributed by atoms with E-state index in [1.165, 1.54) is 44.6 Å². The number of carbonyl (C=O) groups excluding carboxylic acids is 1. The number of rotatable bonds is 16. The molecular formula is C22H38O5. The highest BCUT2D eigenvalue weighted by Gasteiger charge is 2.30. The molecule has 0 saturated heterocycles. The molecule has 5 nitrogen and oxygen atoms in total. The van der Waals surface area contributed by atoms with Gasteiger partial charge in [-0.2, -0.15) is 0 Å². The summed E-state index contributed by atoms with van der Waals surface area (Å²) in [5.74, 6) is -1.52. The van der Waals surface area contributed by atoms with E-state index in [1.807, 2.05) is 6.08 Å². The minimum atomic E-state index is -1.52. The van der Waals surface area contributed by atoms with Gasteiger partial charge in [-0.25, -0.2) is 0 Å². The van der Waals surface area contributed by atoms with Crippen molar-refractivity contribution >= 4 is 11.8 Å². The fourth-order valence-electron chi connectivity index (χ4n) is 2.58. The number of aliphatic hydroxyl groups is 2. The molecule has 5 heteroatoms. The Bertz CT molecular complexity index is 479. The number of hydrogen-bond acceptors (Lipinski definition) is 4. The van der Waals surface area contributed by atoms with Crippen molar-refractivity contribution in [1.29, 1.82) is 0 Å². The number of carboxylic acids is 1. The van der Waals surface area contributed by atoms with Crippen LogP contribution >= 0.6 is 0 Å². The van der Waals surface area contributed by atoms with Gasteiger partial charge in [0.1, 0.15) is 6.10 Å². The minimum absolute atomic E-state index is 0.0538. The Hall–Kier alpha value is -1.46. The van der Waals surface area contributed by atoms with Crippen LogP contribution in [0.4, 0.5) is 0 Å². The average molecular weight is 383 g/mol. The lowest BCUT2D eigenvalue weighted by Gasteiger charge is -2.22. The van der Waals surface area contributed by atoms with Gasteiger partial charge in [0, 0.05) is 0 Å². The van der Waals surface area contributed by atoms with Gasteiger partial charge in [-0.05, 0) is 52.0 Å². The summed E-state index contributed by atoms with van der Waals surface area (Å²) in [5.41, 5.74) is -1.000. The van der Waals surface area contributed by atoms with E-state index in [1.54, 1.807) is 19.9 Å². The number of carbonyl (C=O) groups is 2. The molecular weight excluding hydrogens is 344 g/mol. The van der Waals surface area contributed by atoms with Crippen LogP contribution in [0.5, 0.6) is 0 Å². The predicted octanol–water partition coefficient (Wildman–Crippen LogP) is 4.42. The normalized spacial score (nSPS) is 14.7. The fourth-order valence-corrected chi connectivity index (χ4v) is 2.58. The second-order valence-electron chi connectivity index (χ2n) is 7.81. The molecule has 0 spiro atoms. The van der Waals surface area contributed by atoms with Crippen LogP contribution in [0.15, 0.2) is 24.3 Å². The van der Waals surface area contributed by atoms with Crippen LogP contribution in [0.1, 0.15) is 85.0 Å². The number of unbranched alkanes of at least 4 members (excludes halogenated alkanes) is 6. The van der Waals surface area contributed by atoms with Gasteiger partial charge in [0.2, 0.25) is 0 Å². The molecule has 0 bridgehead atoms. The van der Waals surface area contributed by atoms with Crippen molar-refractivity contribution in [2.24, 2.45) is 5.41 Å². The van der Waals surface area contributed by atoms with E-state index in [2.05, 4.69) is 13.0 Å². The van der Waals surface area contributed by atoms with E-state index in [9.17, 15) is 19.8 Å². The Kier molecular flexibility index (Phi) is 13.8. The largest absolute Gasteiger partial charge is 0.481 e. The molecule has 0 heterocycles. The van der Waals surface area contributed by atoms with Gasteiger partial charge in [-0.15, -0.1) is 0 Å². The lowest BCUT2D eigenvalue weighted by atomic mass is 9.86. The van der Waals surface area contributed by atoms with Crippen LogP contribution in [-0.4, -0.2) is 39.3 Å². The van der Waals surface area contributed by atoms with Crippen molar-refractivity contribution in [1.82, 2.24) is 0 Å². The van der Waals surface area contributed by atoms with Crippen LogP contribution in [-0.2, 0) is 9.59 Å². The first-order valence-corrected chi connectivity index (χ1v) is 10.2. The van der Waals surface area contributed by atoms with Crippen LogP contribution < -0.4 is 0 Å². The first-order chi connectivity index (χ1) is 12.7. The van der Waals surface area contributed by atoms with Crippen molar-refractivity contribution < 1.29 is 24.9 Å². The summed E-state index contributed by atoms with van der Waals surface area (Å²) in [7, 11) is 0. The summed E-state index contributed by atoms with van der Waals surface area (Å²) in [6.07, 6.45) is 13.8. The van der Waals surface area contributed by atoms with Gasteiger partial charge in [0.15, 0.2) is 5.78 Å². The van der Waals surface area contributed by atoms with Crippen molar-refractivity contribution in [2.45, 2.75) is 97.2 Å². The average Bonchev–Trinajstić information content (AvgIpc) is 2.63. The zero-order valence-corrected chi connectivity index (χ0v) is 17.2. The van der Waals surface area contributed by atoms with Crippen molar-refractivity contribution in [2.75, 3.05) is 0 Å². The molecule has 0 radical (unpaired) electrons. The summed E-state index contributed by atoms with van der Waals surface area (Å²) in [6.45, 7) is 5.31. The molecule has 0 aromatic carbocycles. The van der Waals surface area contributed by atoms with Gasteiger partial charge in [-0.1, -0.05) is 57.3 Å². The Morgan fingerprint density at radius 2 is 1.59 bits per heavy atom. The van der Waals surface area contributed by atoms with Crippen LogP contribution in [0.2, 0.25) is 0 Å². The number of carboxylic acid groups (broad SMARTS) is 1. The molecule has 27 heavy (non-hydrogen) atoms. The number of ketones is 1. The van der Waals surface area contributed by atoms with Gasteiger partial charge in [0.05, 0.1) is 11.5 Å². The topological polar surface area (TPSA) is 94.8 Å². The van der Waals surface area contributed by atoms with Crippen molar-refractivity contribution in [3.8, 4) is 0 Å². The van der Waals surface area contributed by atoms with E-state index in [4.69, 9.17) is 5.11 Å². The molecule has 0 fully saturated rings. The van der Waals surface area contributed by atoms with E-state index in [-0.39, 0.29) is 12.8 Å². The standard InChI is InChI=1S/C22H38O5/c1-4-5-6-7-8-9-10-11-12-13-14-15-18(23)20(25)19(24)16-17-22(2,3)21(26)27/h11-12,14-15,19-20,24-25H,4-10,13,16-17H2,1-3H3,(H,26,27)/b12-11-,15-14-. The van der Waals surface area contributed by atoms with Crippen LogP contribution in [0.3, 0.4) is 0 Å². The van der Waals surface area contributed by atoms with Gasteiger partial charge < -0.3 is 15.3 Å². The Balaban J connectivity index is 4.00. The summed E-state index contributed by atoms with van der Waals surface area (Å²) < 4.78 is 0. The SMILES string of the molecule is CCCCCCCC/C=C\C/C=C\C(=O)C(O)C(O)CCC(C)(C)C(=O)O. The van der Waals surface area contributed by atoms with E-state index < -0.39 is 29.4 Å². The first kappa shape index (κ1) is 25.5. The summed E-state index contributed by atoms with van der Waals surface area (Å²) in [5, 5.41) is 28.8. The maximum atomic E-state index is 11.9. The van der Waals surface area contributed by atoms with E-state index in [0.717, 1.165) is 6.42 Å². The highest BCUT2D eigenvalue weighted by atomic mass is 16.4. The molecule has 0 aliphatic heterocycles. The Morgan fingerprint density at radius 1 is 0.963 bits per heavy atom. The zero-order chi connectivity index (χ0) is 20.7. The van der Waals surface area contributed by atoms with Crippen LogP contribution in [0.25, 0.3) is 0 Å². The number of aliphatic carboxylic acids is 1. The first-order valence-electron chi connectivity index (χ1n) is 10.2. The predicted molar refractivity (Wildman–Crippen MR) is 109 cm³/mol. The quantitative estimate of drug-likeness (QED) is 0.209. The molecule has 2 unspecified atom stereocenters. The molecule has 0 rings (SSSR count). The van der Waals surface area contributed by atoms with Crippen molar-refractivity contribution in [3.05, 3.63) is 24.3 Å². The number of hydrogen-bond donors (Lipinski definition) is 3. The minimum Gasteiger partial charge on any atom is -0.481 e. The number of aliphatic hydroxyl groups excluding tert-OH is 2. The molecule has 0 amide bonds. The maximum absolute atomic E-state index is 11.9. The van der Waals surface area contributed by atoms with Crippen molar-refractivity contribution in [3.63, 3.8) is 0 Å². The Morgan fingerprint density at radius 3 is 2.22 bits per heavy atom. The Labute approximate surface area is 164 Å². The second-order valence-corrected chi connectivity index (χ2v) is 7.81. The lowest BCUT2D eigenvalue weighted by Crippen LogP contribution is -2.35. The van der Waals surface area contributed by atoms with Crippen LogP contribution in [0, 0.1) is 5.41 Å². The third kappa shape index (κ3) is 12.5. The van der Waals surface area contributed by atoms with Gasteiger partial charge in [-0.3, -0.25) is 9.59 Å². The third-order valence-electron chi connectivity index (χ3n) is 4.75. The molecule has 0 aromatic heterocycles.